The molecule has 2 aliphatic heterocycles. The van der Waals surface area contributed by atoms with Crippen LogP contribution in [0.5, 0.6) is 0 Å². The van der Waals surface area contributed by atoms with E-state index in [1.165, 1.54) is 0 Å². The van der Waals surface area contributed by atoms with Gasteiger partial charge in [0.1, 0.15) is 0 Å². The zero-order chi connectivity index (χ0) is 13.6. The third kappa shape index (κ3) is 1.85. The van der Waals surface area contributed by atoms with Gasteiger partial charge >= 0.3 is 6.03 Å². The second kappa shape index (κ2) is 4.26. The number of hydrogen-bond donors (Lipinski definition) is 1. The maximum atomic E-state index is 12.0. The van der Waals surface area contributed by atoms with Crippen molar-refractivity contribution in [3.63, 3.8) is 0 Å². The number of urea groups is 1. The van der Waals surface area contributed by atoms with E-state index in [9.17, 15) is 9.59 Å². The van der Waals surface area contributed by atoms with E-state index in [1.807, 2.05) is 37.1 Å². The lowest BCUT2D eigenvalue weighted by Crippen LogP contribution is -2.29. The van der Waals surface area contributed by atoms with Gasteiger partial charge in [0, 0.05) is 25.8 Å². The number of fused-ring (bicyclic) bond motifs is 1. The summed E-state index contributed by atoms with van der Waals surface area (Å²) in [4.78, 5) is 27.0. The molecular weight excluding hydrogens is 242 g/mol. The average Bonchev–Trinajstić information content (AvgIpc) is 2.90. The lowest BCUT2D eigenvalue weighted by atomic mass is 10.0. The van der Waals surface area contributed by atoms with Crippen molar-refractivity contribution in [2.24, 2.45) is 0 Å². The van der Waals surface area contributed by atoms with Crippen molar-refractivity contribution in [2.75, 3.05) is 25.5 Å². The van der Waals surface area contributed by atoms with Gasteiger partial charge in [-0.2, -0.15) is 0 Å². The van der Waals surface area contributed by atoms with Gasteiger partial charge in [-0.3, -0.25) is 4.79 Å². The third-order valence-corrected chi connectivity index (χ3v) is 3.95. The Morgan fingerprint density at radius 3 is 2.84 bits per heavy atom. The molecule has 0 radical (unpaired) electrons. The van der Waals surface area contributed by atoms with Crippen LogP contribution >= 0.6 is 0 Å². The fourth-order valence-corrected chi connectivity index (χ4v) is 2.82. The van der Waals surface area contributed by atoms with Crippen molar-refractivity contribution in [1.82, 2.24) is 9.80 Å². The number of carbonyl (C=O) groups excluding carboxylic acids is 2. The molecule has 0 saturated carbocycles. The van der Waals surface area contributed by atoms with E-state index in [-0.39, 0.29) is 18.0 Å². The molecule has 2 aliphatic rings. The maximum absolute atomic E-state index is 12.0. The Hall–Kier alpha value is -2.04. The molecule has 1 N–H and O–H groups in total. The molecule has 0 aliphatic carbocycles. The summed E-state index contributed by atoms with van der Waals surface area (Å²) in [6.45, 7) is 3.43. The van der Waals surface area contributed by atoms with E-state index in [2.05, 4.69) is 5.32 Å². The first-order valence-electron chi connectivity index (χ1n) is 6.54. The van der Waals surface area contributed by atoms with E-state index in [4.69, 9.17) is 0 Å². The van der Waals surface area contributed by atoms with Crippen LogP contribution in [-0.2, 0) is 11.2 Å². The fourth-order valence-electron chi connectivity index (χ4n) is 2.82. The van der Waals surface area contributed by atoms with Crippen molar-refractivity contribution in [3.8, 4) is 0 Å². The van der Waals surface area contributed by atoms with Crippen molar-refractivity contribution < 1.29 is 9.59 Å². The first-order valence-corrected chi connectivity index (χ1v) is 6.54. The minimum absolute atomic E-state index is 0.0400. The Kier molecular flexibility index (Phi) is 2.69. The average molecular weight is 259 g/mol. The normalized spacial score (nSPS) is 21.9. The van der Waals surface area contributed by atoms with E-state index < -0.39 is 0 Å². The summed E-state index contributed by atoms with van der Waals surface area (Å²) in [5, 5.41) is 2.83. The Morgan fingerprint density at radius 1 is 1.37 bits per heavy atom. The number of carbonyl (C=O) groups is 2. The van der Waals surface area contributed by atoms with Gasteiger partial charge in [-0.15, -0.1) is 0 Å². The number of nitrogens with one attached hydrogen (secondary N) is 1. The molecular formula is C14H17N3O2. The summed E-state index contributed by atoms with van der Waals surface area (Å²) in [5.41, 5.74) is 3.02. The van der Waals surface area contributed by atoms with Gasteiger partial charge in [-0.25, -0.2) is 4.79 Å². The molecule has 1 saturated heterocycles. The SMILES string of the molecule is CCN1CC(c2ccc3c(c2)CC(=O)N3)N(C)C1=O. The number of nitrogens with zero attached hydrogens (tertiary/aromatic N) is 2. The van der Waals surface area contributed by atoms with E-state index >= 15 is 0 Å². The lowest BCUT2D eigenvalue weighted by Gasteiger charge is -2.18. The predicted octanol–water partition coefficient (Wildman–Crippen LogP) is 1.61. The monoisotopic (exact) mass is 259 g/mol. The zero-order valence-electron chi connectivity index (χ0n) is 11.1. The van der Waals surface area contributed by atoms with Crippen LogP contribution in [0.1, 0.15) is 24.1 Å². The quantitative estimate of drug-likeness (QED) is 0.877. The van der Waals surface area contributed by atoms with Gasteiger partial charge in [0.05, 0.1) is 12.5 Å². The predicted molar refractivity (Wildman–Crippen MR) is 71.9 cm³/mol. The number of anilines is 1. The van der Waals surface area contributed by atoms with Crippen molar-refractivity contribution in [3.05, 3.63) is 29.3 Å². The third-order valence-electron chi connectivity index (χ3n) is 3.95. The minimum atomic E-state index is 0.0400. The highest BCUT2D eigenvalue weighted by molar-refractivity contribution is 5.99. The molecule has 5 heteroatoms. The molecule has 1 fully saturated rings. The molecule has 0 bridgehead atoms. The zero-order valence-corrected chi connectivity index (χ0v) is 11.1. The number of amides is 3. The van der Waals surface area contributed by atoms with Gasteiger partial charge in [-0.05, 0) is 24.1 Å². The maximum Gasteiger partial charge on any atom is 0.320 e. The van der Waals surface area contributed by atoms with E-state index in [0.717, 1.165) is 23.4 Å². The highest BCUT2D eigenvalue weighted by Crippen LogP contribution is 2.32. The van der Waals surface area contributed by atoms with E-state index in [0.29, 0.717) is 13.0 Å². The highest BCUT2D eigenvalue weighted by atomic mass is 16.2. The molecule has 1 aromatic carbocycles. The number of hydrogen-bond acceptors (Lipinski definition) is 2. The molecule has 19 heavy (non-hydrogen) atoms. The Balaban J connectivity index is 1.90. The largest absolute Gasteiger partial charge is 0.326 e. The molecule has 5 nitrogen and oxygen atoms in total. The minimum Gasteiger partial charge on any atom is -0.326 e. The summed E-state index contributed by atoms with van der Waals surface area (Å²) in [6, 6.07) is 6.12. The smallest absolute Gasteiger partial charge is 0.320 e. The van der Waals surface area contributed by atoms with Crippen molar-refractivity contribution in [2.45, 2.75) is 19.4 Å². The molecule has 100 valence electrons. The molecule has 1 aromatic rings. The lowest BCUT2D eigenvalue weighted by molar-refractivity contribution is -0.115. The van der Waals surface area contributed by atoms with Gasteiger partial charge in [0.25, 0.3) is 0 Å². The Labute approximate surface area is 112 Å². The number of benzene rings is 1. The molecule has 0 spiro atoms. The van der Waals surface area contributed by atoms with Gasteiger partial charge in [-0.1, -0.05) is 12.1 Å². The molecule has 3 rings (SSSR count). The van der Waals surface area contributed by atoms with Crippen LogP contribution < -0.4 is 5.32 Å². The van der Waals surface area contributed by atoms with Crippen LogP contribution in [0.2, 0.25) is 0 Å². The Morgan fingerprint density at radius 2 is 2.16 bits per heavy atom. The highest BCUT2D eigenvalue weighted by Gasteiger charge is 2.35. The van der Waals surface area contributed by atoms with Crippen LogP contribution in [0.3, 0.4) is 0 Å². The van der Waals surface area contributed by atoms with Crippen LogP contribution in [0.15, 0.2) is 18.2 Å². The van der Waals surface area contributed by atoms with Gasteiger partial charge in [0.15, 0.2) is 0 Å². The molecule has 1 atom stereocenters. The summed E-state index contributed by atoms with van der Waals surface area (Å²) in [5.74, 6) is 0.0400. The summed E-state index contributed by atoms with van der Waals surface area (Å²) in [6.07, 6.45) is 0.436. The standard InChI is InChI=1S/C14H17N3O2/c1-3-17-8-12(16(2)14(17)19)9-4-5-11-10(6-9)7-13(18)15-11/h4-6,12H,3,7-8H2,1-2H3,(H,15,18). The first kappa shape index (κ1) is 12.0. The Bertz CT molecular complexity index is 556. The van der Waals surface area contributed by atoms with Crippen LogP contribution in [0.4, 0.5) is 10.5 Å². The first-order chi connectivity index (χ1) is 9.10. The van der Waals surface area contributed by atoms with Crippen LogP contribution in [0, 0.1) is 0 Å². The summed E-state index contributed by atoms with van der Waals surface area (Å²) < 4.78 is 0. The summed E-state index contributed by atoms with van der Waals surface area (Å²) in [7, 11) is 1.83. The van der Waals surface area contributed by atoms with Crippen LogP contribution in [0.25, 0.3) is 0 Å². The number of rotatable bonds is 2. The van der Waals surface area contributed by atoms with Crippen LogP contribution in [-0.4, -0.2) is 41.9 Å². The fraction of sp³-hybridized carbons (Fsp3) is 0.429. The van der Waals surface area contributed by atoms with Gasteiger partial charge in [0.2, 0.25) is 5.91 Å². The van der Waals surface area contributed by atoms with Crippen molar-refractivity contribution in [1.29, 1.82) is 0 Å². The molecule has 0 aromatic heterocycles. The number of likely N-dealkylation sites (N-methyl/N-ethyl adjacent to an activating group) is 2. The second-order valence-electron chi connectivity index (χ2n) is 5.09. The molecule has 3 amide bonds. The molecule has 2 heterocycles. The second-order valence-corrected chi connectivity index (χ2v) is 5.09. The van der Waals surface area contributed by atoms with Gasteiger partial charge < -0.3 is 15.1 Å². The summed E-state index contributed by atoms with van der Waals surface area (Å²) >= 11 is 0. The van der Waals surface area contributed by atoms with E-state index in [1.54, 1.807) is 4.90 Å². The topological polar surface area (TPSA) is 52.7 Å². The van der Waals surface area contributed by atoms with Crippen molar-refractivity contribution >= 4 is 17.6 Å². The molecule has 1 unspecified atom stereocenters.